The second kappa shape index (κ2) is 4.27. The fourth-order valence-electron chi connectivity index (χ4n) is 3.43. The number of fused-ring (bicyclic) bond motifs is 3. The van der Waals surface area contributed by atoms with E-state index < -0.39 is 11.9 Å². The molecule has 0 bridgehead atoms. The molecule has 4 nitrogen and oxygen atoms in total. The van der Waals surface area contributed by atoms with Crippen molar-refractivity contribution in [1.29, 1.82) is 0 Å². The summed E-state index contributed by atoms with van der Waals surface area (Å²) in [5.41, 5.74) is 0. The van der Waals surface area contributed by atoms with Gasteiger partial charge in [0.1, 0.15) is 6.10 Å². The Hall–Kier alpha value is 0.540. The van der Waals surface area contributed by atoms with E-state index in [0.29, 0.717) is 0 Å². The minimum Gasteiger partial charge on any atom is -0.390 e. The largest absolute Gasteiger partial charge is 0.390 e. The average Bonchev–Trinajstić information content (AvgIpc) is 2.86. The van der Waals surface area contributed by atoms with Crippen molar-refractivity contribution in [3.8, 4) is 0 Å². The van der Waals surface area contributed by atoms with Crippen molar-refractivity contribution in [2.75, 3.05) is 12.5 Å². The topological polar surface area (TPSA) is 47.9 Å². The molecule has 2 saturated heterocycles. The standard InChI is InChI=1S/C12H20O4S2/c1-11(2)15-9-7-8(14-10(9)16-11)6(13)5-12(7,17-3)18-4/h6-10,13H,5H2,1-4H3/t6-,7+,8-,9?,10?/m1/s1. The molecular formula is C12H20O4S2. The quantitative estimate of drug-likeness (QED) is 0.781. The molecule has 5 atom stereocenters. The van der Waals surface area contributed by atoms with Crippen molar-refractivity contribution in [1.82, 2.24) is 0 Å². The third-order valence-electron chi connectivity index (χ3n) is 4.16. The average molecular weight is 292 g/mol. The van der Waals surface area contributed by atoms with Gasteiger partial charge < -0.3 is 19.3 Å². The maximum atomic E-state index is 10.2. The summed E-state index contributed by atoms with van der Waals surface area (Å²) in [6, 6.07) is 0. The van der Waals surface area contributed by atoms with E-state index in [-0.39, 0.29) is 28.5 Å². The molecule has 1 N–H and O–H groups in total. The van der Waals surface area contributed by atoms with Crippen LogP contribution in [0.15, 0.2) is 0 Å². The van der Waals surface area contributed by atoms with Crippen molar-refractivity contribution in [2.45, 2.75) is 54.7 Å². The minimum absolute atomic E-state index is 0.0344. The van der Waals surface area contributed by atoms with Crippen molar-refractivity contribution in [3.05, 3.63) is 0 Å². The van der Waals surface area contributed by atoms with Gasteiger partial charge in [0.15, 0.2) is 12.1 Å². The lowest BCUT2D eigenvalue weighted by Gasteiger charge is -2.33. The molecule has 0 aromatic rings. The van der Waals surface area contributed by atoms with Crippen LogP contribution in [-0.2, 0) is 14.2 Å². The first-order valence-electron chi connectivity index (χ1n) is 6.22. The third-order valence-corrected chi connectivity index (χ3v) is 7.42. The molecule has 2 aliphatic heterocycles. The second-order valence-corrected chi connectivity index (χ2v) is 8.12. The first kappa shape index (κ1) is 13.5. The Morgan fingerprint density at radius 2 is 1.78 bits per heavy atom. The molecule has 1 saturated carbocycles. The van der Waals surface area contributed by atoms with E-state index in [0.717, 1.165) is 6.42 Å². The predicted octanol–water partition coefficient (Wildman–Crippen LogP) is 1.67. The maximum absolute atomic E-state index is 10.2. The first-order chi connectivity index (χ1) is 8.42. The molecule has 0 aromatic carbocycles. The van der Waals surface area contributed by atoms with Gasteiger partial charge in [-0.2, -0.15) is 0 Å². The Balaban J connectivity index is 1.91. The fourth-order valence-corrected chi connectivity index (χ4v) is 5.85. The molecular weight excluding hydrogens is 272 g/mol. The Morgan fingerprint density at radius 3 is 2.39 bits per heavy atom. The summed E-state index contributed by atoms with van der Waals surface area (Å²) in [7, 11) is 0. The second-order valence-electron chi connectivity index (χ2n) is 5.59. The maximum Gasteiger partial charge on any atom is 0.188 e. The van der Waals surface area contributed by atoms with E-state index >= 15 is 0 Å². The highest BCUT2D eigenvalue weighted by molar-refractivity contribution is 8.17. The van der Waals surface area contributed by atoms with Crippen molar-refractivity contribution in [2.24, 2.45) is 5.92 Å². The summed E-state index contributed by atoms with van der Waals surface area (Å²) in [4.78, 5) is 0. The summed E-state index contributed by atoms with van der Waals surface area (Å²) in [5.74, 6) is -0.402. The Bertz CT molecular complexity index is 345. The lowest BCUT2D eigenvalue weighted by molar-refractivity contribution is -0.215. The highest BCUT2D eigenvalue weighted by Crippen LogP contribution is 2.59. The number of thioether (sulfide) groups is 2. The van der Waals surface area contributed by atoms with Gasteiger partial charge in [0.2, 0.25) is 0 Å². The lowest BCUT2D eigenvalue weighted by atomic mass is 10.00. The van der Waals surface area contributed by atoms with E-state index in [1.807, 2.05) is 13.8 Å². The van der Waals surface area contributed by atoms with Crippen LogP contribution in [0.5, 0.6) is 0 Å². The molecule has 1 aliphatic carbocycles. The van der Waals surface area contributed by atoms with Crippen molar-refractivity contribution >= 4 is 23.5 Å². The number of aliphatic hydroxyl groups excluding tert-OH is 1. The highest BCUT2D eigenvalue weighted by atomic mass is 32.2. The molecule has 2 heterocycles. The van der Waals surface area contributed by atoms with Gasteiger partial charge in [-0.1, -0.05) is 0 Å². The van der Waals surface area contributed by atoms with Crippen molar-refractivity contribution in [3.63, 3.8) is 0 Å². The Morgan fingerprint density at radius 1 is 1.11 bits per heavy atom. The van der Waals surface area contributed by atoms with Crippen LogP contribution in [0.2, 0.25) is 0 Å². The molecule has 0 spiro atoms. The van der Waals surface area contributed by atoms with Crippen LogP contribution in [0, 0.1) is 5.92 Å². The van der Waals surface area contributed by atoms with Crippen LogP contribution in [0.25, 0.3) is 0 Å². The first-order valence-corrected chi connectivity index (χ1v) is 8.67. The summed E-state index contributed by atoms with van der Waals surface area (Å²) in [5, 5.41) is 10.2. The summed E-state index contributed by atoms with van der Waals surface area (Å²) in [6.07, 6.45) is 3.97. The minimum atomic E-state index is -0.587. The van der Waals surface area contributed by atoms with E-state index in [1.54, 1.807) is 23.5 Å². The Kier molecular flexibility index (Phi) is 3.20. The van der Waals surface area contributed by atoms with Crippen molar-refractivity contribution < 1.29 is 19.3 Å². The van der Waals surface area contributed by atoms with Gasteiger partial charge in [-0.25, -0.2) is 0 Å². The number of ether oxygens (including phenoxy) is 3. The zero-order valence-corrected chi connectivity index (χ0v) is 12.7. The van der Waals surface area contributed by atoms with Crippen LogP contribution in [0.4, 0.5) is 0 Å². The van der Waals surface area contributed by atoms with Gasteiger partial charge in [-0.3, -0.25) is 0 Å². The smallest absolute Gasteiger partial charge is 0.188 e. The molecule has 3 fully saturated rings. The van der Waals surface area contributed by atoms with Crippen LogP contribution < -0.4 is 0 Å². The molecule has 104 valence electrons. The molecule has 18 heavy (non-hydrogen) atoms. The van der Waals surface area contributed by atoms with Gasteiger partial charge in [0, 0.05) is 12.3 Å². The molecule has 6 heteroatoms. The molecule has 0 aromatic heterocycles. The SMILES string of the molecule is CSC1(SC)C[C@@H](O)[C@H]2OC3OC(C)(C)OC3[C@H]21. The zero-order chi connectivity index (χ0) is 13.1. The van der Waals surface area contributed by atoms with Crippen LogP contribution in [0.3, 0.4) is 0 Å². The summed E-state index contributed by atoms with van der Waals surface area (Å²) < 4.78 is 17.6. The third kappa shape index (κ3) is 1.77. The Labute approximate surface area is 116 Å². The normalized spacial score (nSPS) is 48.2. The van der Waals surface area contributed by atoms with Gasteiger partial charge >= 0.3 is 0 Å². The van der Waals surface area contributed by atoms with Gasteiger partial charge in [-0.15, -0.1) is 23.5 Å². The number of aliphatic hydroxyl groups is 1. The van der Waals surface area contributed by atoms with E-state index in [2.05, 4.69) is 12.5 Å². The zero-order valence-electron chi connectivity index (χ0n) is 11.1. The van der Waals surface area contributed by atoms with Crippen LogP contribution >= 0.6 is 23.5 Å². The number of hydrogen-bond acceptors (Lipinski definition) is 6. The van der Waals surface area contributed by atoms with Gasteiger partial charge in [0.25, 0.3) is 0 Å². The molecule has 0 amide bonds. The summed E-state index contributed by atoms with van der Waals surface area (Å²) in [6.45, 7) is 3.82. The van der Waals surface area contributed by atoms with Crippen LogP contribution in [0.1, 0.15) is 20.3 Å². The predicted molar refractivity (Wildman–Crippen MR) is 72.6 cm³/mol. The fraction of sp³-hybridized carbons (Fsp3) is 1.00. The summed E-state index contributed by atoms with van der Waals surface area (Å²) >= 11 is 3.59. The van der Waals surface area contributed by atoms with Crippen LogP contribution in [-0.4, -0.2) is 52.1 Å². The van der Waals surface area contributed by atoms with E-state index in [9.17, 15) is 5.11 Å². The van der Waals surface area contributed by atoms with Gasteiger partial charge in [0.05, 0.1) is 16.3 Å². The molecule has 2 unspecified atom stereocenters. The number of hydrogen-bond donors (Lipinski definition) is 1. The highest BCUT2D eigenvalue weighted by Gasteiger charge is 2.66. The lowest BCUT2D eigenvalue weighted by Crippen LogP contribution is -2.38. The van der Waals surface area contributed by atoms with E-state index in [4.69, 9.17) is 14.2 Å². The molecule has 3 rings (SSSR count). The molecule has 0 radical (unpaired) electrons. The van der Waals surface area contributed by atoms with E-state index in [1.165, 1.54) is 0 Å². The molecule has 3 aliphatic rings. The number of rotatable bonds is 2. The monoisotopic (exact) mass is 292 g/mol. The van der Waals surface area contributed by atoms with Gasteiger partial charge in [-0.05, 0) is 26.4 Å².